The van der Waals surface area contributed by atoms with Gasteiger partial charge in [-0.25, -0.2) is 0 Å². The molecule has 0 bridgehead atoms. The fourth-order valence-electron chi connectivity index (χ4n) is 1.99. The molecule has 0 aliphatic carbocycles. The minimum absolute atomic E-state index is 0.195. The summed E-state index contributed by atoms with van der Waals surface area (Å²) >= 11 is 0. The summed E-state index contributed by atoms with van der Waals surface area (Å²) in [7, 11) is 1.94. The Hall–Kier alpha value is -1.76. The largest absolute Gasteiger partial charge is 0.388 e. The maximum atomic E-state index is 3.14. The third kappa shape index (κ3) is 2.73. The van der Waals surface area contributed by atoms with Crippen LogP contribution in [-0.2, 0) is 5.41 Å². The van der Waals surface area contributed by atoms with Crippen molar-refractivity contribution in [2.45, 2.75) is 26.2 Å². The third-order valence-corrected chi connectivity index (χ3v) is 3.24. The molecule has 0 radical (unpaired) electrons. The summed E-state index contributed by atoms with van der Waals surface area (Å²) in [6, 6.07) is 17.3. The molecule has 2 aromatic carbocycles. The van der Waals surface area contributed by atoms with Gasteiger partial charge in [0.25, 0.3) is 0 Å². The van der Waals surface area contributed by atoms with Crippen LogP contribution >= 0.6 is 0 Å². The van der Waals surface area contributed by atoms with Gasteiger partial charge in [-0.05, 0) is 34.2 Å². The lowest BCUT2D eigenvalue weighted by Crippen LogP contribution is -2.10. The molecule has 94 valence electrons. The first-order chi connectivity index (χ1) is 8.50. The zero-order valence-corrected chi connectivity index (χ0v) is 11.6. The predicted octanol–water partition coefficient (Wildman–Crippen LogP) is 4.69. The summed E-state index contributed by atoms with van der Waals surface area (Å²) in [6.45, 7) is 6.74. The van der Waals surface area contributed by atoms with Crippen LogP contribution in [0.4, 0.5) is 5.69 Å². The molecule has 1 N–H and O–H groups in total. The Morgan fingerprint density at radius 3 is 2.06 bits per heavy atom. The van der Waals surface area contributed by atoms with Crippen LogP contribution in [0.2, 0.25) is 0 Å². The molecule has 0 fully saturated rings. The standard InChI is InChI=1S/C17H21N/c1-17(2,3)15-7-5-6-14(12-15)13-8-10-16(18-4)11-9-13/h5-12,18H,1-4H3. The lowest BCUT2D eigenvalue weighted by Gasteiger charge is -2.19. The molecule has 1 nitrogen and oxygen atoms in total. The SMILES string of the molecule is CNc1ccc(-c2cccc(C(C)(C)C)c2)cc1. The van der Waals surface area contributed by atoms with E-state index in [-0.39, 0.29) is 5.41 Å². The number of hydrogen-bond acceptors (Lipinski definition) is 1. The van der Waals surface area contributed by atoms with E-state index in [1.54, 1.807) is 0 Å². The van der Waals surface area contributed by atoms with Crippen LogP contribution in [0, 0.1) is 0 Å². The quantitative estimate of drug-likeness (QED) is 0.801. The van der Waals surface area contributed by atoms with E-state index in [0.29, 0.717) is 0 Å². The molecule has 0 saturated heterocycles. The molecule has 0 heterocycles. The number of nitrogens with one attached hydrogen (secondary N) is 1. The van der Waals surface area contributed by atoms with Crippen molar-refractivity contribution >= 4 is 5.69 Å². The van der Waals surface area contributed by atoms with Gasteiger partial charge in [-0.1, -0.05) is 57.2 Å². The zero-order chi connectivity index (χ0) is 13.2. The molecule has 0 spiro atoms. The van der Waals surface area contributed by atoms with Gasteiger partial charge in [0.2, 0.25) is 0 Å². The number of rotatable bonds is 2. The van der Waals surface area contributed by atoms with Crippen molar-refractivity contribution in [1.82, 2.24) is 0 Å². The lowest BCUT2D eigenvalue weighted by molar-refractivity contribution is 0.590. The average molecular weight is 239 g/mol. The average Bonchev–Trinajstić information content (AvgIpc) is 2.38. The number of benzene rings is 2. The highest BCUT2D eigenvalue weighted by molar-refractivity contribution is 5.66. The van der Waals surface area contributed by atoms with Gasteiger partial charge in [-0.15, -0.1) is 0 Å². The molecule has 0 atom stereocenters. The monoisotopic (exact) mass is 239 g/mol. The molecular formula is C17H21N. The second-order valence-corrected chi connectivity index (χ2v) is 5.66. The van der Waals surface area contributed by atoms with Crippen LogP contribution < -0.4 is 5.32 Å². The van der Waals surface area contributed by atoms with E-state index in [1.165, 1.54) is 16.7 Å². The minimum Gasteiger partial charge on any atom is -0.388 e. The van der Waals surface area contributed by atoms with Crippen molar-refractivity contribution < 1.29 is 0 Å². The first-order valence-electron chi connectivity index (χ1n) is 6.39. The summed E-state index contributed by atoms with van der Waals surface area (Å²) in [6.07, 6.45) is 0. The van der Waals surface area contributed by atoms with E-state index in [0.717, 1.165) is 5.69 Å². The highest BCUT2D eigenvalue weighted by Crippen LogP contribution is 2.28. The van der Waals surface area contributed by atoms with Gasteiger partial charge >= 0.3 is 0 Å². The van der Waals surface area contributed by atoms with Crippen LogP contribution in [0.15, 0.2) is 48.5 Å². The van der Waals surface area contributed by atoms with Crippen LogP contribution in [0.1, 0.15) is 26.3 Å². The Morgan fingerprint density at radius 1 is 0.833 bits per heavy atom. The second-order valence-electron chi connectivity index (χ2n) is 5.66. The minimum atomic E-state index is 0.195. The summed E-state index contributed by atoms with van der Waals surface area (Å²) in [5.41, 5.74) is 5.26. The summed E-state index contributed by atoms with van der Waals surface area (Å²) < 4.78 is 0. The van der Waals surface area contributed by atoms with E-state index in [2.05, 4.69) is 74.6 Å². The fraction of sp³-hybridized carbons (Fsp3) is 0.294. The Morgan fingerprint density at radius 2 is 1.50 bits per heavy atom. The van der Waals surface area contributed by atoms with Crippen molar-refractivity contribution in [2.75, 3.05) is 12.4 Å². The van der Waals surface area contributed by atoms with Gasteiger partial charge in [-0.3, -0.25) is 0 Å². The Balaban J connectivity index is 2.38. The van der Waals surface area contributed by atoms with E-state index in [1.807, 2.05) is 7.05 Å². The molecule has 0 aliphatic rings. The Bertz CT molecular complexity index is 518. The first kappa shape index (κ1) is 12.7. The molecule has 2 rings (SSSR count). The van der Waals surface area contributed by atoms with Crippen molar-refractivity contribution in [1.29, 1.82) is 0 Å². The summed E-state index contributed by atoms with van der Waals surface area (Å²) in [5, 5.41) is 3.14. The fourth-order valence-corrected chi connectivity index (χ4v) is 1.99. The molecule has 0 unspecified atom stereocenters. The predicted molar refractivity (Wildman–Crippen MR) is 80.1 cm³/mol. The van der Waals surface area contributed by atoms with Gasteiger partial charge in [0.05, 0.1) is 0 Å². The maximum absolute atomic E-state index is 3.14. The van der Waals surface area contributed by atoms with Gasteiger partial charge in [0.1, 0.15) is 0 Å². The van der Waals surface area contributed by atoms with Gasteiger partial charge in [-0.2, -0.15) is 0 Å². The van der Waals surface area contributed by atoms with E-state index < -0.39 is 0 Å². The summed E-state index contributed by atoms with van der Waals surface area (Å²) in [5.74, 6) is 0. The molecule has 0 aliphatic heterocycles. The highest BCUT2D eigenvalue weighted by Gasteiger charge is 2.13. The smallest absolute Gasteiger partial charge is 0.0337 e. The van der Waals surface area contributed by atoms with Crippen molar-refractivity contribution in [2.24, 2.45) is 0 Å². The van der Waals surface area contributed by atoms with E-state index in [9.17, 15) is 0 Å². The zero-order valence-electron chi connectivity index (χ0n) is 11.6. The topological polar surface area (TPSA) is 12.0 Å². The van der Waals surface area contributed by atoms with Gasteiger partial charge < -0.3 is 5.32 Å². The molecular weight excluding hydrogens is 218 g/mol. The molecule has 0 aromatic heterocycles. The normalized spacial score (nSPS) is 11.3. The van der Waals surface area contributed by atoms with Crippen LogP contribution in [0.25, 0.3) is 11.1 Å². The molecule has 1 heteroatoms. The first-order valence-corrected chi connectivity index (χ1v) is 6.39. The number of anilines is 1. The molecule has 0 saturated carbocycles. The van der Waals surface area contributed by atoms with E-state index in [4.69, 9.17) is 0 Å². The second kappa shape index (κ2) is 4.85. The van der Waals surface area contributed by atoms with Crippen molar-refractivity contribution in [3.8, 4) is 11.1 Å². The summed E-state index contributed by atoms with van der Waals surface area (Å²) in [4.78, 5) is 0. The van der Waals surface area contributed by atoms with E-state index >= 15 is 0 Å². The Kier molecular flexibility index (Phi) is 3.42. The van der Waals surface area contributed by atoms with Gasteiger partial charge in [0.15, 0.2) is 0 Å². The highest BCUT2D eigenvalue weighted by atomic mass is 14.8. The number of hydrogen-bond donors (Lipinski definition) is 1. The van der Waals surface area contributed by atoms with Crippen molar-refractivity contribution in [3.63, 3.8) is 0 Å². The lowest BCUT2D eigenvalue weighted by atomic mass is 9.85. The van der Waals surface area contributed by atoms with Gasteiger partial charge in [0, 0.05) is 12.7 Å². The van der Waals surface area contributed by atoms with Crippen LogP contribution in [0.3, 0.4) is 0 Å². The molecule has 2 aromatic rings. The molecule has 18 heavy (non-hydrogen) atoms. The molecule has 0 amide bonds. The van der Waals surface area contributed by atoms with Crippen molar-refractivity contribution in [3.05, 3.63) is 54.1 Å². The maximum Gasteiger partial charge on any atom is 0.0337 e. The Labute approximate surface area is 110 Å². The third-order valence-electron chi connectivity index (χ3n) is 3.24. The van der Waals surface area contributed by atoms with Crippen LogP contribution in [0.5, 0.6) is 0 Å². The van der Waals surface area contributed by atoms with Crippen LogP contribution in [-0.4, -0.2) is 7.05 Å².